The molecule has 0 atom stereocenters. The van der Waals surface area contributed by atoms with Gasteiger partial charge in [-0.15, -0.1) is 0 Å². The Labute approximate surface area is 96.0 Å². The van der Waals surface area contributed by atoms with Crippen molar-refractivity contribution in [2.24, 2.45) is 0 Å². The van der Waals surface area contributed by atoms with E-state index in [0.29, 0.717) is 12.0 Å². The summed E-state index contributed by atoms with van der Waals surface area (Å²) in [5.41, 5.74) is 0.906. The van der Waals surface area contributed by atoms with Crippen LogP contribution in [0.5, 0.6) is 11.6 Å². The smallest absolute Gasteiger partial charge is 0.217 e. The fraction of sp³-hybridized carbons (Fsp3) is 0.583. The largest absolute Gasteiger partial charge is 0.488 e. The topological polar surface area (TPSA) is 43.4 Å². The molecule has 2 rings (SSSR count). The molecule has 0 amide bonds. The van der Waals surface area contributed by atoms with Gasteiger partial charge in [-0.2, -0.15) is 0 Å². The highest BCUT2D eigenvalue weighted by Gasteiger charge is 2.25. The van der Waals surface area contributed by atoms with Gasteiger partial charge in [0.2, 0.25) is 5.88 Å². The van der Waals surface area contributed by atoms with Crippen LogP contribution in [0.4, 0.5) is 5.69 Å². The summed E-state index contributed by atoms with van der Waals surface area (Å²) in [5.74, 6) is 1.44. The first kappa shape index (κ1) is 11.0. The van der Waals surface area contributed by atoms with Gasteiger partial charge in [-0.25, -0.2) is 4.98 Å². The maximum atomic E-state index is 5.79. The molecule has 0 radical (unpaired) electrons. The predicted octanol–water partition coefficient (Wildman–Crippen LogP) is 2.45. The number of hydrogen-bond donors (Lipinski definition) is 1. The summed E-state index contributed by atoms with van der Waals surface area (Å²) >= 11 is 0. The first-order chi connectivity index (χ1) is 7.69. The van der Waals surface area contributed by atoms with Crippen molar-refractivity contribution in [2.45, 2.75) is 38.9 Å². The SMILES string of the molecule is CNc1cnc(OC(C)C)cc1OC1CC1. The summed E-state index contributed by atoms with van der Waals surface area (Å²) in [4.78, 5) is 4.21. The van der Waals surface area contributed by atoms with Crippen molar-refractivity contribution < 1.29 is 9.47 Å². The van der Waals surface area contributed by atoms with E-state index in [4.69, 9.17) is 9.47 Å². The van der Waals surface area contributed by atoms with E-state index in [1.54, 1.807) is 6.20 Å². The van der Waals surface area contributed by atoms with E-state index < -0.39 is 0 Å². The molecule has 1 saturated carbocycles. The first-order valence-corrected chi connectivity index (χ1v) is 5.70. The van der Waals surface area contributed by atoms with E-state index in [-0.39, 0.29) is 6.10 Å². The van der Waals surface area contributed by atoms with Crippen molar-refractivity contribution in [1.82, 2.24) is 4.98 Å². The van der Waals surface area contributed by atoms with Gasteiger partial charge < -0.3 is 14.8 Å². The Hall–Kier alpha value is -1.45. The zero-order chi connectivity index (χ0) is 11.5. The number of anilines is 1. The average Bonchev–Trinajstić information content (AvgIpc) is 3.01. The van der Waals surface area contributed by atoms with Crippen molar-refractivity contribution in [3.05, 3.63) is 12.3 Å². The summed E-state index contributed by atoms with van der Waals surface area (Å²) < 4.78 is 11.3. The van der Waals surface area contributed by atoms with Crippen molar-refractivity contribution in [3.8, 4) is 11.6 Å². The quantitative estimate of drug-likeness (QED) is 0.831. The fourth-order valence-corrected chi connectivity index (χ4v) is 1.38. The Kier molecular flexibility index (Phi) is 3.17. The molecular formula is C12H18N2O2. The van der Waals surface area contributed by atoms with Crippen LogP contribution in [-0.4, -0.2) is 24.2 Å². The minimum absolute atomic E-state index is 0.127. The second-order valence-electron chi connectivity index (χ2n) is 4.25. The van der Waals surface area contributed by atoms with Gasteiger partial charge in [0.25, 0.3) is 0 Å². The Morgan fingerprint density at radius 3 is 2.75 bits per heavy atom. The first-order valence-electron chi connectivity index (χ1n) is 5.70. The van der Waals surface area contributed by atoms with Crippen LogP contribution in [0.1, 0.15) is 26.7 Å². The van der Waals surface area contributed by atoms with E-state index in [1.165, 1.54) is 0 Å². The van der Waals surface area contributed by atoms with Crippen LogP contribution in [-0.2, 0) is 0 Å². The molecule has 0 unspecified atom stereocenters. The summed E-state index contributed by atoms with van der Waals surface area (Å²) in [6.07, 6.45) is 4.54. The van der Waals surface area contributed by atoms with Gasteiger partial charge in [-0.05, 0) is 26.7 Å². The molecule has 0 bridgehead atoms. The molecule has 4 nitrogen and oxygen atoms in total. The lowest BCUT2D eigenvalue weighted by atomic mass is 10.3. The van der Waals surface area contributed by atoms with Gasteiger partial charge in [0.1, 0.15) is 5.75 Å². The molecule has 1 fully saturated rings. The molecule has 0 aliphatic heterocycles. The van der Waals surface area contributed by atoms with Gasteiger partial charge in [0.15, 0.2) is 0 Å². The van der Waals surface area contributed by atoms with E-state index in [1.807, 2.05) is 27.0 Å². The second-order valence-corrected chi connectivity index (χ2v) is 4.25. The van der Waals surface area contributed by atoms with Crippen molar-refractivity contribution in [2.75, 3.05) is 12.4 Å². The third-order valence-electron chi connectivity index (χ3n) is 2.28. The van der Waals surface area contributed by atoms with Crippen LogP contribution in [0.15, 0.2) is 12.3 Å². The highest BCUT2D eigenvalue weighted by molar-refractivity contribution is 5.56. The molecule has 1 aliphatic rings. The number of nitrogens with zero attached hydrogens (tertiary/aromatic N) is 1. The summed E-state index contributed by atoms with van der Waals surface area (Å²) in [7, 11) is 1.86. The Bertz CT molecular complexity index is 362. The van der Waals surface area contributed by atoms with E-state index >= 15 is 0 Å². The van der Waals surface area contributed by atoms with Crippen LogP contribution in [0, 0.1) is 0 Å². The number of ether oxygens (including phenoxy) is 2. The third-order valence-corrected chi connectivity index (χ3v) is 2.28. The van der Waals surface area contributed by atoms with Crippen molar-refractivity contribution >= 4 is 5.69 Å². The van der Waals surface area contributed by atoms with E-state index in [0.717, 1.165) is 24.3 Å². The van der Waals surface area contributed by atoms with Gasteiger partial charge in [-0.1, -0.05) is 0 Å². The Morgan fingerprint density at radius 2 is 2.19 bits per heavy atom. The van der Waals surface area contributed by atoms with Crippen LogP contribution < -0.4 is 14.8 Å². The summed E-state index contributed by atoms with van der Waals surface area (Å²) in [5, 5.41) is 3.07. The lowest BCUT2D eigenvalue weighted by molar-refractivity contribution is 0.230. The molecule has 1 aliphatic carbocycles. The molecule has 1 aromatic heterocycles. The van der Waals surface area contributed by atoms with Crippen LogP contribution in [0.25, 0.3) is 0 Å². The molecular weight excluding hydrogens is 204 g/mol. The highest BCUT2D eigenvalue weighted by atomic mass is 16.5. The lowest BCUT2D eigenvalue weighted by Gasteiger charge is -2.13. The van der Waals surface area contributed by atoms with Crippen LogP contribution >= 0.6 is 0 Å². The molecule has 0 saturated heterocycles. The van der Waals surface area contributed by atoms with Gasteiger partial charge in [0, 0.05) is 13.1 Å². The number of aromatic nitrogens is 1. The van der Waals surface area contributed by atoms with Crippen LogP contribution in [0.2, 0.25) is 0 Å². The standard InChI is InChI=1S/C12H18N2O2/c1-8(2)15-12-6-11(16-9-4-5-9)10(13-3)7-14-12/h6-9,13H,4-5H2,1-3H3. The van der Waals surface area contributed by atoms with E-state index in [9.17, 15) is 0 Å². The fourth-order valence-electron chi connectivity index (χ4n) is 1.38. The number of pyridine rings is 1. The van der Waals surface area contributed by atoms with Crippen molar-refractivity contribution in [1.29, 1.82) is 0 Å². The van der Waals surface area contributed by atoms with Gasteiger partial charge in [-0.3, -0.25) is 0 Å². The Morgan fingerprint density at radius 1 is 1.44 bits per heavy atom. The van der Waals surface area contributed by atoms with Gasteiger partial charge in [0.05, 0.1) is 24.1 Å². The minimum Gasteiger partial charge on any atom is -0.488 e. The molecule has 0 spiro atoms. The van der Waals surface area contributed by atoms with Crippen molar-refractivity contribution in [3.63, 3.8) is 0 Å². The molecule has 4 heteroatoms. The molecule has 1 heterocycles. The zero-order valence-electron chi connectivity index (χ0n) is 9.99. The molecule has 16 heavy (non-hydrogen) atoms. The summed E-state index contributed by atoms with van der Waals surface area (Å²) in [6, 6.07) is 1.85. The summed E-state index contributed by atoms with van der Waals surface area (Å²) in [6.45, 7) is 3.96. The predicted molar refractivity (Wildman–Crippen MR) is 63.2 cm³/mol. The second kappa shape index (κ2) is 4.60. The number of rotatable bonds is 5. The highest BCUT2D eigenvalue weighted by Crippen LogP contribution is 2.33. The zero-order valence-corrected chi connectivity index (χ0v) is 9.99. The maximum absolute atomic E-state index is 5.79. The average molecular weight is 222 g/mol. The Balaban J connectivity index is 2.15. The van der Waals surface area contributed by atoms with E-state index in [2.05, 4.69) is 10.3 Å². The van der Waals surface area contributed by atoms with Gasteiger partial charge >= 0.3 is 0 Å². The normalized spacial score (nSPS) is 15.0. The van der Waals surface area contributed by atoms with Crippen LogP contribution in [0.3, 0.4) is 0 Å². The number of hydrogen-bond acceptors (Lipinski definition) is 4. The maximum Gasteiger partial charge on any atom is 0.217 e. The number of nitrogens with one attached hydrogen (secondary N) is 1. The molecule has 88 valence electrons. The lowest BCUT2D eigenvalue weighted by Crippen LogP contribution is -2.08. The molecule has 1 N–H and O–H groups in total. The third kappa shape index (κ3) is 2.78. The monoisotopic (exact) mass is 222 g/mol. The molecule has 0 aromatic carbocycles. The minimum atomic E-state index is 0.127. The molecule has 1 aromatic rings.